The van der Waals surface area contributed by atoms with Crippen molar-refractivity contribution in [2.75, 3.05) is 18.0 Å². The van der Waals surface area contributed by atoms with Crippen LogP contribution in [0.2, 0.25) is 5.02 Å². The molecule has 1 aliphatic carbocycles. The van der Waals surface area contributed by atoms with Gasteiger partial charge in [-0.1, -0.05) is 23.7 Å². The molecule has 2 aromatic heterocycles. The smallest absolute Gasteiger partial charge is 0.296 e. The fourth-order valence-corrected chi connectivity index (χ4v) is 4.54. The summed E-state index contributed by atoms with van der Waals surface area (Å²) in [4.78, 5) is 14.8. The van der Waals surface area contributed by atoms with Crippen molar-refractivity contribution < 1.29 is 9.84 Å². The first kappa shape index (κ1) is 18.7. The van der Waals surface area contributed by atoms with Crippen LogP contribution in [-0.4, -0.2) is 45.4 Å². The molecule has 5 rings (SSSR count). The van der Waals surface area contributed by atoms with E-state index in [4.69, 9.17) is 21.3 Å². The standard InChI is InChI=1S/C22H25ClN4O2/c23-18-13-19-21(26-22(24-19)29-17-9-7-16(28)8-10-17)25-20(18)14-3-5-15(6-4-14)27-11-1-2-12-27/h3-6,13,16-17,28H,1-2,7-12H2,(H,24,25,26). The van der Waals surface area contributed by atoms with Crippen molar-refractivity contribution in [1.29, 1.82) is 0 Å². The summed E-state index contributed by atoms with van der Waals surface area (Å²) < 4.78 is 5.98. The van der Waals surface area contributed by atoms with Gasteiger partial charge in [-0.05, 0) is 56.7 Å². The SMILES string of the molecule is OC1CCC(Oc2nc3nc(-c4ccc(N5CCCC5)cc4)c(Cl)cc3[nH]2)CC1. The van der Waals surface area contributed by atoms with Crippen LogP contribution in [0.1, 0.15) is 38.5 Å². The molecule has 0 bridgehead atoms. The molecule has 0 spiro atoms. The maximum Gasteiger partial charge on any atom is 0.296 e. The number of benzene rings is 1. The summed E-state index contributed by atoms with van der Waals surface area (Å²) in [5.74, 6) is 0. The van der Waals surface area contributed by atoms with Crippen molar-refractivity contribution in [3.63, 3.8) is 0 Å². The second kappa shape index (κ2) is 7.84. The summed E-state index contributed by atoms with van der Waals surface area (Å²) in [6, 6.07) is 10.7. The monoisotopic (exact) mass is 412 g/mol. The van der Waals surface area contributed by atoms with E-state index in [0.717, 1.165) is 55.5 Å². The van der Waals surface area contributed by atoms with Gasteiger partial charge in [0.2, 0.25) is 0 Å². The fraction of sp³-hybridized carbons (Fsp3) is 0.455. The number of hydrogen-bond acceptors (Lipinski definition) is 5. The van der Waals surface area contributed by atoms with Crippen LogP contribution in [-0.2, 0) is 0 Å². The summed E-state index contributed by atoms with van der Waals surface area (Å²) in [6.07, 6.45) is 5.60. The number of aromatic nitrogens is 3. The molecule has 0 unspecified atom stereocenters. The van der Waals surface area contributed by atoms with Gasteiger partial charge in [-0.3, -0.25) is 0 Å². The summed E-state index contributed by atoms with van der Waals surface area (Å²) in [7, 11) is 0. The number of hydrogen-bond donors (Lipinski definition) is 2. The molecule has 2 N–H and O–H groups in total. The average Bonchev–Trinajstić information content (AvgIpc) is 3.39. The Hall–Kier alpha value is -2.31. The summed E-state index contributed by atoms with van der Waals surface area (Å²) in [6.45, 7) is 2.25. The maximum atomic E-state index is 9.65. The van der Waals surface area contributed by atoms with Gasteiger partial charge >= 0.3 is 0 Å². The number of H-pyrrole nitrogens is 1. The largest absolute Gasteiger partial charge is 0.461 e. The zero-order chi connectivity index (χ0) is 19.8. The van der Waals surface area contributed by atoms with E-state index in [1.807, 2.05) is 6.07 Å². The third-order valence-corrected chi connectivity index (χ3v) is 6.23. The number of ether oxygens (including phenoxy) is 1. The molecule has 1 aliphatic heterocycles. The Morgan fingerprint density at radius 1 is 1.03 bits per heavy atom. The number of nitrogens with zero attached hydrogens (tertiary/aromatic N) is 3. The quantitative estimate of drug-likeness (QED) is 0.657. The van der Waals surface area contributed by atoms with E-state index < -0.39 is 0 Å². The number of fused-ring (bicyclic) bond motifs is 1. The molecule has 0 atom stereocenters. The van der Waals surface area contributed by atoms with E-state index in [-0.39, 0.29) is 12.2 Å². The predicted molar refractivity (Wildman–Crippen MR) is 115 cm³/mol. The molecule has 152 valence electrons. The third-order valence-electron chi connectivity index (χ3n) is 5.94. The highest BCUT2D eigenvalue weighted by Crippen LogP contribution is 2.32. The molecule has 29 heavy (non-hydrogen) atoms. The highest BCUT2D eigenvalue weighted by molar-refractivity contribution is 6.33. The second-order valence-electron chi connectivity index (χ2n) is 8.02. The number of aromatic amines is 1. The Kier molecular flexibility index (Phi) is 5.06. The Labute approximate surface area is 174 Å². The van der Waals surface area contributed by atoms with E-state index in [1.165, 1.54) is 18.5 Å². The molecule has 1 aromatic carbocycles. The van der Waals surface area contributed by atoms with Crippen LogP contribution in [0.25, 0.3) is 22.4 Å². The molecular weight excluding hydrogens is 388 g/mol. The number of imidazole rings is 1. The molecular formula is C22H25ClN4O2. The Morgan fingerprint density at radius 3 is 2.48 bits per heavy atom. The van der Waals surface area contributed by atoms with Crippen molar-refractivity contribution >= 4 is 28.5 Å². The number of nitrogens with one attached hydrogen (secondary N) is 1. The van der Waals surface area contributed by atoms with E-state index in [9.17, 15) is 5.11 Å². The Morgan fingerprint density at radius 2 is 1.76 bits per heavy atom. The lowest BCUT2D eigenvalue weighted by atomic mass is 9.95. The molecule has 2 fully saturated rings. The summed E-state index contributed by atoms with van der Waals surface area (Å²) in [5, 5.41) is 10.2. The van der Waals surface area contributed by atoms with Gasteiger partial charge < -0.3 is 19.7 Å². The minimum atomic E-state index is -0.203. The van der Waals surface area contributed by atoms with Crippen LogP contribution in [0.4, 0.5) is 5.69 Å². The number of pyridine rings is 1. The summed E-state index contributed by atoms with van der Waals surface area (Å²) in [5.41, 5.74) is 4.31. The number of rotatable bonds is 4. The first-order chi connectivity index (χ1) is 14.2. The Bertz CT molecular complexity index is 990. The van der Waals surface area contributed by atoms with Gasteiger partial charge in [0.1, 0.15) is 6.10 Å². The molecule has 3 heterocycles. The molecule has 3 aromatic rings. The minimum Gasteiger partial charge on any atom is -0.461 e. The number of anilines is 1. The Balaban J connectivity index is 1.37. The molecule has 2 aliphatic rings. The zero-order valence-electron chi connectivity index (χ0n) is 16.3. The van der Waals surface area contributed by atoms with Crippen LogP contribution >= 0.6 is 11.6 Å². The predicted octanol–water partition coefficient (Wildman–Crippen LogP) is 4.56. The van der Waals surface area contributed by atoms with Crippen molar-refractivity contribution in [1.82, 2.24) is 15.0 Å². The van der Waals surface area contributed by atoms with Gasteiger partial charge in [-0.25, -0.2) is 4.98 Å². The van der Waals surface area contributed by atoms with Gasteiger partial charge in [0.25, 0.3) is 6.01 Å². The lowest BCUT2D eigenvalue weighted by Gasteiger charge is -2.24. The highest BCUT2D eigenvalue weighted by Gasteiger charge is 2.22. The zero-order valence-corrected chi connectivity index (χ0v) is 17.0. The van der Waals surface area contributed by atoms with Crippen molar-refractivity contribution in [3.05, 3.63) is 35.4 Å². The molecule has 6 nitrogen and oxygen atoms in total. The first-order valence-electron chi connectivity index (χ1n) is 10.4. The molecule has 1 saturated carbocycles. The minimum absolute atomic E-state index is 0.0760. The van der Waals surface area contributed by atoms with Crippen LogP contribution in [0.3, 0.4) is 0 Å². The third kappa shape index (κ3) is 3.91. The van der Waals surface area contributed by atoms with Crippen molar-refractivity contribution in [3.8, 4) is 17.3 Å². The number of halogens is 1. The normalized spacial score (nSPS) is 22.3. The van der Waals surface area contributed by atoms with Crippen LogP contribution in [0.15, 0.2) is 30.3 Å². The van der Waals surface area contributed by atoms with Crippen molar-refractivity contribution in [2.24, 2.45) is 0 Å². The maximum absolute atomic E-state index is 9.65. The highest BCUT2D eigenvalue weighted by atomic mass is 35.5. The fourth-order valence-electron chi connectivity index (χ4n) is 4.28. The lowest BCUT2D eigenvalue weighted by Crippen LogP contribution is -2.26. The molecule has 0 radical (unpaired) electrons. The number of aliphatic hydroxyl groups excluding tert-OH is 1. The van der Waals surface area contributed by atoms with E-state index in [0.29, 0.717) is 16.7 Å². The molecule has 0 amide bonds. The van der Waals surface area contributed by atoms with Crippen LogP contribution < -0.4 is 9.64 Å². The van der Waals surface area contributed by atoms with E-state index in [1.54, 1.807) is 0 Å². The van der Waals surface area contributed by atoms with Gasteiger partial charge in [0.05, 0.1) is 22.3 Å². The van der Waals surface area contributed by atoms with Crippen LogP contribution in [0.5, 0.6) is 6.01 Å². The van der Waals surface area contributed by atoms with E-state index in [2.05, 4.69) is 39.1 Å². The van der Waals surface area contributed by atoms with Gasteiger partial charge in [0.15, 0.2) is 5.65 Å². The molecule has 7 heteroatoms. The van der Waals surface area contributed by atoms with Gasteiger partial charge in [0, 0.05) is 24.3 Å². The first-order valence-corrected chi connectivity index (χ1v) is 10.8. The van der Waals surface area contributed by atoms with Gasteiger partial charge in [-0.15, -0.1) is 0 Å². The van der Waals surface area contributed by atoms with Crippen molar-refractivity contribution in [2.45, 2.75) is 50.7 Å². The van der Waals surface area contributed by atoms with Crippen LogP contribution in [0, 0.1) is 0 Å². The second-order valence-corrected chi connectivity index (χ2v) is 8.43. The average molecular weight is 413 g/mol. The number of aliphatic hydroxyl groups is 1. The summed E-state index contributed by atoms with van der Waals surface area (Å²) >= 11 is 6.53. The molecule has 1 saturated heterocycles. The van der Waals surface area contributed by atoms with Gasteiger partial charge in [-0.2, -0.15) is 4.98 Å². The van der Waals surface area contributed by atoms with E-state index >= 15 is 0 Å². The topological polar surface area (TPSA) is 74.3 Å². The lowest BCUT2D eigenvalue weighted by molar-refractivity contribution is 0.0625.